The molecule has 1 aromatic rings. The van der Waals surface area contributed by atoms with E-state index >= 15 is 0 Å². The van der Waals surface area contributed by atoms with E-state index in [-0.39, 0.29) is 12.0 Å². The fraction of sp³-hybridized carbons (Fsp3) is 0.647. The monoisotopic (exact) mass is 342 g/mol. The molecule has 7 heteroatoms. The molecule has 24 heavy (non-hydrogen) atoms. The molecule has 0 radical (unpaired) electrons. The van der Waals surface area contributed by atoms with E-state index < -0.39 is 29.4 Å². The molecule has 1 saturated heterocycles. The molecule has 1 aliphatic carbocycles. The van der Waals surface area contributed by atoms with E-state index in [4.69, 9.17) is 0 Å². The number of aromatic nitrogens is 1. The lowest BCUT2D eigenvalue weighted by molar-refractivity contribution is -0.141. The Bertz CT molecular complexity index is 606. The Kier molecular flexibility index (Phi) is 4.80. The van der Waals surface area contributed by atoms with Gasteiger partial charge in [-0.1, -0.05) is 12.8 Å². The van der Waals surface area contributed by atoms with Crippen molar-refractivity contribution >= 4 is 5.91 Å². The fourth-order valence-electron chi connectivity index (χ4n) is 4.04. The van der Waals surface area contributed by atoms with Gasteiger partial charge in [0, 0.05) is 24.7 Å². The van der Waals surface area contributed by atoms with Crippen molar-refractivity contribution < 1.29 is 23.1 Å². The molecular weight excluding hydrogens is 321 g/mol. The van der Waals surface area contributed by atoms with Gasteiger partial charge in [-0.15, -0.1) is 0 Å². The third-order valence-corrected chi connectivity index (χ3v) is 5.14. The predicted molar refractivity (Wildman–Crippen MR) is 81.3 cm³/mol. The fourth-order valence-corrected chi connectivity index (χ4v) is 4.04. The van der Waals surface area contributed by atoms with Crippen molar-refractivity contribution in [2.45, 2.75) is 56.8 Å². The molecule has 1 aliphatic heterocycles. The summed E-state index contributed by atoms with van der Waals surface area (Å²) in [5, 5.41) is 10.3. The Balaban J connectivity index is 1.87. The smallest absolute Gasteiger partial charge is 0.393 e. The molecule has 2 heterocycles. The molecule has 0 bridgehead atoms. The first-order chi connectivity index (χ1) is 11.4. The van der Waals surface area contributed by atoms with Crippen LogP contribution in [0.5, 0.6) is 0 Å². The number of nitrogens with zero attached hydrogens (tertiary/aromatic N) is 2. The number of aliphatic hydroxyl groups is 1. The zero-order valence-electron chi connectivity index (χ0n) is 13.3. The first kappa shape index (κ1) is 17.2. The van der Waals surface area contributed by atoms with Crippen molar-refractivity contribution in [3.8, 4) is 0 Å². The highest BCUT2D eigenvalue weighted by atomic mass is 19.4. The third-order valence-electron chi connectivity index (χ3n) is 5.14. The number of amides is 1. The molecule has 1 amide bonds. The second-order valence-electron chi connectivity index (χ2n) is 6.62. The minimum Gasteiger partial charge on any atom is -0.393 e. The summed E-state index contributed by atoms with van der Waals surface area (Å²) in [6, 6.07) is 2.35. The summed E-state index contributed by atoms with van der Waals surface area (Å²) in [5.74, 6) is -0.674. The van der Waals surface area contributed by atoms with Crippen molar-refractivity contribution in [3.05, 3.63) is 29.6 Å². The molecule has 3 rings (SSSR count). The number of hydrogen-bond acceptors (Lipinski definition) is 3. The standard InChI is InChI=1S/C17H21F3N2O2/c18-17(19,20)15-12(6-3-9-21-15)16(24)22-10-4-7-13(22)11-5-1-2-8-14(11)23/h3,6,9,11,13-14,23H,1-2,4-5,7-8,10H2/t11-,13-,14+/m1/s1. The van der Waals surface area contributed by atoms with Gasteiger partial charge >= 0.3 is 6.18 Å². The Labute approximate surface area is 138 Å². The van der Waals surface area contributed by atoms with Crippen LogP contribution >= 0.6 is 0 Å². The van der Waals surface area contributed by atoms with Gasteiger partial charge in [-0.3, -0.25) is 9.78 Å². The van der Waals surface area contributed by atoms with Gasteiger partial charge in [0.2, 0.25) is 0 Å². The van der Waals surface area contributed by atoms with Crippen LogP contribution in [0.1, 0.15) is 54.6 Å². The van der Waals surface area contributed by atoms with Crippen LogP contribution in [0.2, 0.25) is 0 Å². The lowest BCUT2D eigenvalue weighted by Gasteiger charge is -2.37. The van der Waals surface area contributed by atoms with Gasteiger partial charge in [0.05, 0.1) is 11.7 Å². The van der Waals surface area contributed by atoms with E-state index in [2.05, 4.69) is 4.98 Å². The van der Waals surface area contributed by atoms with E-state index in [1.165, 1.54) is 17.0 Å². The topological polar surface area (TPSA) is 53.4 Å². The minimum atomic E-state index is -4.66. The van der Waals surface area contributed by atoms with Crippen LogP contribution in [0.15, 0.2) is 18.3 Å². The van der Waals surface area contributed by atoms with Crippen LogP contribution in [0.4, 0.5) is 13.2 Å². The molecule has 2 aliphatic rings. The number of carbonyl (C=O) groups is 1. The van der Waals surface area contributed by atoms with Gasteiger partial charge in [0.15, 0.2) is 5.69 Å². The molecule has 132 valence electrons. The summed E-state index contributed by atoms with van der Waals surface area (Å²) in [7, 11) is 0. The Morgan fingerprint density at radius 2 is 1.96 bits per heavy atom. The number of likely N-dealkylation sites (tertiary alicyclic amines) is 1. The Morgan fingerprint density at radius 3 is 2.67 bits per heavy atom. The summed E-state index contributed by atoms with van der Waals surface area (Å²) in [6.07, 6.45) is 0.848. The number of pyridine rings is 1. The second kappa shape index (κ2) is 6.70. The maximum atomic E-state index is 13.1. The number of halogens is 3. The van der Waals surface area contributed by atoms with Crippen molar-refractivity contribution in [2.75, 3.05) is 6.54 Å². The average Bonchev–Trinajstić information content (AvgIpc) is 3.03. The SMILES string of the molecule is O=C(c1cccnc1C(F)(F)F)N1CCC[C@@H]1[C@H]1CCCC[C@@H]1O. The van der Waals surface area contributed by atoms with Crippen molar-refractivity contribution in [1.82, 2.24) is 9.88 Å². The molecular formula is C17H21F3N2O2. The lowest BCUT2D eigenvalue weighted by Crippen LogP contribution is -2.45. The Hall–Kier alpha value is -1.63. The molecule has 1 saturated carbocycles. The highest BCUT2D eigenvalue weighted by Crippen LogP contribution is 2.37. The lowest BCUT2D eigenvalue weighted by atomic mass is 9.80. The van der Waals surface area contributed by atoms with Gasteiger partial charge in [0.25, 0.3) is 5.91 Å². The summed E-state index contributed by atoms with van der Waals surface area (Å²) >= 11 is 0. The van der Waals surface area contributed by atoms with Crippen molar-refractivity contribution in [3.63, 3.8) is 0 Å². The maximum Gasteiger partial charge on any atom is 0.434 e. The van der Waals surface area contributed by atoms with E-state index in [9.17, 15) is 23.1 Å². The average molecular weight is 342 g/mol. The summed E-state index contributed by atoms with van der Waals surface area (Å²) in [4.78, 5) is 17.7. The molecule has 0 spiro atoms. The zero-order valence-corrected chi connectivity index (χ0v) is 13.3. The third kappa shape index (κ3) is 3.27. The van der Waals surface area contributed by atoms with E-state index in [1.807, 2.05) is 0 Å². The zero-order chi connectivity index (χ0) is 17.3. The van der Waals surface area contributed by atoms with Crippen LogP contribution in [-0.2, 0) is 6.18 Å². The van der Waals surface area contributed by atoms with Crippen LogP contribution in [-0.4, -0.2) is 39.6 Å². The first-order valence-corrected chi connectivity index (χ1v) is 8.41. The largest absolute Gasteiger partial charge is 0.434 e. The van der Waals surface area contributed by atoms with Gasteiger partial charge < -0.3 is 10.0 Å². The predicted octanol–water partition coefficient (Wildman–Crippen LogP) is 3.26. The summed E-state index contributed by atoms with van der Waals surface area (Å²) in [6.45, 7) is 0.429. The van der Waals surface area contributed by atoms with Crippen molar-refractivity contribution in [2.24, 2.45) is 5.92 Å². The van der Waals surface area contributed by atoms with Crippen LogP contribution in [0, 0.1) is 5.92 Å². The first-order valence-electron chi connectivity index (χ1n) is 8.41. The van der Waals surface area contributed by atoms with Crippen LogP contribution in [0.3, 0.4) is 0 Å². The molecule has 1 N–H and O–H groups in total. The van der Waals surface area contributed by atoms with Crippen molar-refractivity contribution in [1.29, 1.82) is 0 Å². The minimum absolute atomic E-state index is 0.0452. The molecule has 2 fully saturated rings. The highest BCUT2D eigenvalue weighted by molar-refractivity contribution is 5.95. The van der Waals surface area contributed by atoms with Gasteiger partial charge in [-0.25, -0.2) is 0 Å². The van der Waals surface area contributed by atoms with Gasteiger partial charge in [-0.05, 0) is 37.8 Å². The maximum absolute atomic E-state index is 13.1. The van der Waals surface area contributed by atoms with Gasteiger partial charge in [0.1, 0.15) is 0 Å². The number of alkyl halides is 3. The van der Waals surface area contributed by atoms with E-state index in [1.54, 1.807) is 0 Å². The number of hydrogen-bond donors (Lipinski definition) is 1. The van der Waals surface area contributed by atoms with E-state index in [0.29, 0.717) is 13.0 Å². The highest BCUT2D eigenvalue weighted by Gasteiger charge is 2.42. The summed E-state index contributed by atoms with van der Waals surface area (Å²) in [5.41, 5.74) is -1.54. The number of carbonyl (C=O) groups excluding carboxylic acids is 1. The second-order valence-corrected chi connectivity index (χ2v) is 6.62. The molecule has 0 unspecified atom stereocenters. The molecule has 3 atom stereocenters. The number of rotatable bonds is 2. The Morgan fingerprint density at radius 1 is 1.21 bits per heavy atom. The normalized spacial score (nSPS) is 28.2. The van der Waals surface area contributed by atoms with Gasteiger partial charge in [-0.2, -0.15) is 13.2 Å². The van der Waals surface area contributed by atoms with E-state index in [0.717, 1.165) is 38.3 Å². The quantitative estimate of drug-likeness (QED) is 0.898. The molecule has 1 aromatic heterocycles. The van der Waals surface area contributed by atoms with Crippen LogP contribution < -0.4 is 0 Å². The molecule has 4 nitrogen and oxygen atoms in total. The number of aliphatic hydroxyl groups excluding tert-OH is 1. The van der Waals surface area contributed by atoms with Crippen LogP contribution in [0.25, 0.3) is 0 Å². The molecule has 0 aromatic carbocycles. The summed E-state index contributed by atoms with van der Waals surface area (Å²) < 4.78 is 39.4.